The molecule has 1 fully saturated rings. The summed E-state index contributed by atoms with van der Waals surface area (Å²) in [6.07, 6.45) is 1.79. The van der Waals surface area contributed by atoms with E-state index in [-0.39, 0.29) is 48.3 Å². The monoisotopic (exact) mass is 393 g/mol. The first-order chi connectivity index (χ1) is 12.8. The fourth-order valence-corrected chi connectivity index (χ4v) is 4.55. The minimum absolute atomic E-state index is 0.170. The Morgan fingerprint density at radius 1 is 1.11 bits per heavy atom. The van der Waals surface area contributed by atoms with Gasteiger partial charge in [-0.15, -0.1) is 0 Å². The average molecular weight is 393 g/mol. The molecule has 1 aliphatic heterocycles. The minimum Gasteiger partial charge on any atom is -0.480 e. The molecule has 1 N–H and O–H groups in total. The van der Waals surface area contributed by atoms with Gasteiger partial charge in [0.05, 0.1) is 25.3 Å². The van der Waals surface area contributed by atoms with Crippen molar-refractivity contribution in [2.24, 2.45) is 0 Å². The van der Waals surface area contributed by atoms with E-state index in [0.717, 1.165) is 5.56 Å². The summed E-state index contributed by atoms with van der Waals surface area (Å²) in [5, 5.41) is 11.1. The zero-order chi connectivity index (χ0) is 19.7. The second-order valence-electron chi connectivity index (χ2n) is 6.52. The third-order valence-electron chi connectivity index (χ3n) is 4.77. The van der Waals surface area contributed by atoms with E-state index in [2.05, 4.69) is 9.97 Å². The van der Waals surface area contributed by atoms with Crippen molar-refractivity contribution >= 4 is 10.0 Å². The molecule has 1 aliphatic rings. The molecule has 9 heteroatoms. The molecular formula is C18H23N3O5S. The van der Waals surface area contributed by atoms with Crippen LogP contribution in [-0.2, 0) is 15.6 Å². The van der Waals surface area contributed by atoms with Gasteiger partial charge in [0.15, 0.2) is 0 Å². The summed E-state index contributed by atoms with van der Waals surface area (Å²) in [5.41, 5.74) is -0.0329. The van der Waals surface area contributed by atoms with Crippen LogP contribution in [0.2, 0.25) is 0 Å². The first-order valence-electron chi connectivity index (χ1n) is 8.55. The maximum absolute atomic E-state index is 12.8. The van der Waals surface area contributed by atoms with Crippen LogP contribution in [0.25, 0.3) is 0 Å². The Morgan fingerprint density at radius 2 is 1.74 bits per heavy atom. The summed E-state index contributed by atoms with van der Waals surface area (Å²) >= 11 is 0. The molecule has 0 bridgehead atoms. The molecule has 0 spiro atoms. The highest BCUT2D eigenvalue weighted by atomic mass is 32.2. The van der Waals surface area contributed by atoms with E-state index in [1.165, 1.54) is 24.7 Å². The molecule has 2 aromatic rings. The van der Waals surface area contributed by atoms with Crippen molar-refractivity contribution in [3.8, 4) is 11.8 Å². The second-order valence-corrected chi connectivity index (χ2v) is 8.46. The van der Waals surface area contributed by atoms with Crippen molar-refractivity contribution in [3.05, 3.63) is 41.7 Å². The van der Waals surface area contributed by atoms with Crippen molar-refractivity contribution in [1.29, 1.82) is 0 Å². The number of hydrogen-bond acceptors (Lipinski definition) is 7. The Morgan fingerprint density at radius 3 is 2.30 bits per heavy atom. The number of sulfonamides is 1. The number of ether oxygens (including phenoxy) is 2. The Bertz CT molecular complexity index is 907. The molecule has 2 heterocycles. The summed E-state index contributed by atoms with van der Waals surface area (Å²) in [7, 11) is -0.700. The van der Waals surface area contributed by atoms with Gasteiger partial charge in [-0.1, -0.05) is 17.7 Å². The molecule has 1 saturated heterocycles. The number of aryl methyl sites for hydroxylation is 1. The minimum atomic E-state index is -3.60. The number of benzene rings is 1. The van der Waals surface area contributed by atoms with Gasteiger partial charge >= 0.3 is 0 Å². The number of nitrogens with zero attached hydrogens (tertiary/aromatic N) is 3. The van der Waals surface area contributed by atoms with Crippen LogP contribution < -0.4 is 9.47 Å². The third-order valence-corrected chi connectivity index (χ3v) is 6.68. The number of piperidine rings is 1. The van der Waals surface area contributed by atoms with E-state index in [0.29, 0.717) is 0 Å². The van der Waals surface area contributed by atoms with Crippen molar-refractivity contribution in [2.45, 2.75) is 30.3 Å². The van der Waals surface area contributed by atoms with Gasteiger partial charge in [-0.3, -0.25) is 0 Å². The Hall–Kier alpha value is -2.23. The number of hydrogen-bond donors (Lipinski definition) is 1. The molecule has 1 aromatic heterocycles. The largest absolute Gasteiger partial charge is 0.480 e. The van der Waals surface area contributed by atoms with E-state index < -0.39 is 15.6 Å². The lowest BCUT2D eigenvalue weighted by Crippen LogP contribution is -2.45. The molecule has 0 amide bonds. The second kappa shape index (κ2) is 7.41. The molecule has 0 unspecified atom stereocenters. The molecule has 8 nitrogen and oxygen atoms in total. The van der Waals surface area contributed by atoms with Gasteiger partial charge in [0.1, 0.15) is 11.3 Å². The van der Waals surface area contributed by atoms with Crippen LogP contribution in [0.4, 0.5) is 0 Å². The van der Waals surface area contributed by atoms with Crippen LogP contribution in [0.15, 0.2) is 35.4 Å². The third kappa shape index (κ3) is 3.76. The average Bonchev–Trinajstić information content (AvgIpc) is 2.68. The predicted molar refractivity (Wildman–Crippen MR) is 98.2 cm³/mol. The maximum atomic E-state index is 12.8. The lowest BCUT2D eigenvalue weighted by Gasteiger charge is -2.37. The first-order valence-corrected chi connectivity index (χ1v) is 9.99. The number of methoxy groups -OCH3 is 2. The highest BCUT2D eigenvalue weighted by molar-refractivity contribution is 7.89. The number of aliphatic hydroxyl groups is 1. The number of aromatic nitrogens is 2. The Balaban J connectivity index is 1.81. The van der Waals surface area contributed by atoms with Crippen molar-refractivity contribution < 1.29 is 23.0 Å². The SMILES string of the molecule is COc1cnc(C2(O)CCN(S(=O)(=O)c3ccc(C)cc3)CC2)c(OC)n1. The zero-order valence-corrected chi connectivity index (χ0v) is 16.4. The van der Waals surface area contributed by atoms with Crippen LogP contribution in [0.3, 0.4) is 0 Å². The molecule has 1 aromatic carbocycles. The summed E-state index contributed by atoms with van der Waals surface area (Å²) in [6, 6.07) is 6.74. The van der Waals surface area contributed by atoms with Gasteiger partial charge < -0.3 is 14.6 Å². The Labute approximate surface area is 158 Å². The first kappa shape index (κ1) is 19.5. The molecule has 3 rings (SSSR count). The molecule has 146 valence electrons. The summed E-state index contributed by atoms with van der Waals surface area (Å²) < 4.78 is 37.3. The van der Waals surface area contributed by atoms with Crippen LogP contribution in [0, 0.1) is 6.92 Å². The van der Waals surface area contributed by atoms with E-state index in [1.54, 1.807) is 24.3 Å². The predicted octanol–water partition coefficient (Wildman–Crippen LogP) is 1.47. The topological polar surface area (TPSA) is 102 Å². The van der Waals surface area contributed by atoms with Gasteiger partial charge in [0.25, 0.3) is 0 Å². The summed E-state index contributed by atoms with van der Waals surface area (Å²) in [6.45, 7) is 2.24. The van der Waals surface area contributed by atoms with Gasteiger partial charge in [-0.25, -0.2) is 13.4 Å². The van der Waals surface area contributed by atoms with Crippen molar-refractivity contribution in [2.75, 3.05) is 27.3 Å². The highest BCUT2D eigenvalue weighted by Gasteiger charge is 2.41. The molecule has 0 saturated carbocycles. The summed E-state index contributed by atoms with van der Waals surface area (Å²) in [4.78, 5) is 8.65. The van der Waals surface area contributed by atoms with E-state index in [9.17, 15) is 13.5 Å². The normalized spacial score (nSPS) is 17.5. The highest BCUT2D eigenvalue weighted by Crippen LogP contribution is 2.37. The van der Waals surface area contributed by atoms with Crippen LogP contribution in [0.1, 0.15) is 24.1 Å². The van der Waals surface area contributed by atoms with Crippen LogP contribution >= 0.6 is 0 Å². The molecular weight excluding hydrogens is 370 g/mol. The lowest BCUT2D eigenvalue weighted by atomic mass is 9.89. The molecule has 27 heavy (non-hydrogen) atoms. The van der Waals surface area contributed by atoms with Gasteiger partial charge in [-0.05, 0) is 31.9 Å². The van der Waals surface area contributed by atoms with Crippen molar-refractivity contribution in [3.63, 3.8) is 0 Å². The zero-order valence-electron chi connectivity index (χ0n) is 15.5. The smallest absolute Gasteiger partial charge is 0.243 e. The maximum Gasteiger partial charge on any atom is 0.243 e. The van der Waals surface area contributed by atoms with Gasteiger partial charge in [-0.2, -0.15) is 9.29 Å². The van der Waals surface area contributed by atoms with Crippen LogP contribution in [-0.4, -0.2) is 55.1 Å². The van der Waals surface area contributed by atoms with E-state index >= 15 is 0 Å². The van der Waals surface area contributed by atoms with E-state index in [4.69, 9.17) is 9.47 Å². The van der Waals surface area contributed by atoms with Gasteiger partial charge in [0.2, 0.25) is 21.8 Å². The quantitative estimate of drug-likeness (QED) is 0.821. The fraction of sp³-hybridized carbons (Fsp3) is 0.444. The van der Waals surface area contributed by atoms with Crippen LogP contribution in [0.5, 0.6) is 11.8 Å². The van der Waals surface area contributed by atoms with Gasteiger partial charge in [0, 0.05) is 13.1 Å². The molecule has 0 aliphatic carbocycles. The lowest BCUT2D eigenvalue weighted by molar-refractivity contribution is -0.0159. The standard InChI is InChI=1S/C18H23N3O5S/c1-13-4-6-14(7-5-13)27(23,24)21-10-8-18(22,9-11-21)16-17(26-3)20-15(25-2)12-19-16/h4-7,12,22H,8-11H2,1-3H3. The fourth-order valence-electron chi connectivity index (χ4n) is 3.11. The van der Waals surface area contributed by atoms with E-state index in [1.807, 2.05) is 6.92 Å². The number of rotatable bonds is 5. The Kier molecular flexibility index (Phi) is 5.36. The molecule has 0 radical (unpaired) electrons. The van der Waals surface area contributed by atoms with Crippen molar-refractivity contribution in [1.82, 2.24) is 14.3 Å². The summed E-state index contributed by atoms with van der Waals surface area (Å²) in [5.74, 6) is 0.449. The molecule has 0 atom stereocenters.